The van der Waals surface area contributed by atoms with Gasteiger partial charge in [0.05, 0.1) is 0 Å². The van der Waals surface area contributed by atoms with Gasteiger partial charge in [-0.3, -0.25) is 4.79 Å². The maximum atomic E-state index is 12.1. The highest BCUT2D eigenvalue weighted by Crippen LogP contribution is 2.51. The van der Waals surface area contributed by atoms with Crippen LogP contribution in [0, 0.1) is 11.3 Å². The molecule has 2 saturated carbocycles. The Morgan fingerprint density at radius 1 is 1.30 bits per heavy atom. The molecule has 3 nitrogen and oxygen atoms in total. The molecule has 0 radical (unpaired) electrons. The molecule has 0 saturated heterocycles. The van der Waals surface area contributed by atoms with Crippen LogP contribution in [-0.4, -0.2) is 31.4 Å². The summed E-state index contributed by atoms with van der Waals surface area (Å²) in [7, 11) is -1.74. The number of aliphatic hydroxyl groups is 1. The van der Waals surface area contributed by atoms with Gasteiger partial charge in [-0.15, -0.1) is 0 Å². The van der Waals surface area contributed by atoms with E-state index in [-0.39, 0.29) is 22.3 Å². The Labute approximate surface area is 124 Å². The third-order valence-electron chi connectivity index (χ3n) is 6.07. The lowest BCUT2D eigenvalue weighted by Gasteiger charge is -2.44. The van der Waals surface area contributed by atoms with Crippen molar-refractivity contribution in [3.8, 4) is 0 Å². The van der Waals surface area contributed by atoms with Crippen LogP contribution in [0.2, 0.25) is 18.1 Å². The Kier molecular flexibility index (Phi) is 3.98. The Morgan fingerprint density at radius 2 is 1.90 bits per heavy atom. The van der Waals surface area contributed by atoms with Crippen LogP contribution < -0.4 is 0 Å². The number of carbonyl (C=O) groups excluding carboxylic acids is 1. The highest BCUT2D eigenvalue weighted by Gasteiger charge is 2.54. The van der Waals surface area contributed by atoms with Crippen molar-refractivity contribution in [1.29, 1.82) is 0 Å². The van der Waals surface area contributed by atoms with Gasteiger partial charge in [0, 0.05) is 11.5 Å². The van der Waals surface area contributed by atoms with Gasteiger partial charge in [-0.25, -0.2) is 0 Å². The van der Waals surface area contributed by atoms with Crippen LogP contribution in [0.3, 0.4) is 0 Å². The van der Waals surface area contributed by atoms with E-state index in [1.165, 1.54) is 0 Å². The summed E-state index contributed by atoms with van der Waals surface area (Å²) in [6, 6.07) is 0. The van der Waals surface area contributed by atoms with Gasteiger partial charge in [0.15, 0.2) is 14.1 Å². The minimum absolute atomic E-state index is 0.0632. The van der Waals surface area contributed by atoms with Crippen molar-refractivity contribution in [3.63, 3.8) is 0 Å². The summed E-state index contributed by atoms with van der Waals surface area (Å²) in [6.45, 7) is 13.4. The lowest BCUT2D eigenvalue weighted by molar-refractivity contribution is -0.134. The summed E-state index contributed by atoms with van der Waals surface area (Å²) >= 11 is 0. The minimum Gasteiger partial charge on any atom is -0.414 e. The van der Waals surface area contributed by atoms with Crippen LogP contribution in [0.4, 0.5) is 0 Å². The van der Waals surface area contributed by atoms with Gasteiger partial charge in [0.25, 0.3) is 0 Å². The van der Waals surface area contributed by atoms with Gasteiger partial charge in [-0.05, 0) is 49.7 Å². The molecule has 1 N–H and O–H groups in total. The summed E-state index contributed by atoms with van der Waals surface area (Å²) < 4.78 is 6.51. The number of carbonyl (C=O) groups is 1. The summed E-state index contributed by atoms with van der Waals surface area (Å²) in [6.07, 6.45) is 2.92. The lowest BCUT2D eigenvalue weighted by atomic mass is 9.68. The number of fused-ring (bicyclic) bond motifs is 1. The van der Waals surface area contributed by atoms with Crippen LogP contribution in [0.25, 0.3) is 0 Å². The molecular weight excluding hydrogens is 268 g/mol. The molecule has 0 amide bonds. The van der Waals surface area contributed by atoms with Crippen LogP contribution in [0.1, 0.15) is 53.4 Å². The van der Waals surface area contributed by atoms with Gasteiger partial charge >= 0.3 is 0 Å². The third kappa shape index (κ3) is 2.62. The SMILES string of the molecule is CC12CCC(O[Si](C)(C)C(C)(C)C)CC1CC(O)C2=O. The predicted molar refractivity (Wildman–Crippen MR) is 83.1 cm³/mol. The molecule has 2 rings (SSSR count). The quantitative estimate of drug-likeness (QED) is 0.793. The van der Waals surface area contributed by atoms with Gasteiger partial charge in [-0.1, -0.05) is 27.7 Å². The number of hydrogen-bond acceptors (Lipinski definition) is 3. The Hall–Kier alpha value is -0.193. The van der Waals surface area contributed by atoms with Crippen molar-refractivity contribution in [2.45, 2.75) is 83.7 Å². The van der Waals surface area contributed by atoms with Crippen LogP contribution >= 0.6 is 0 Å². The van der Waals surface area contributed by atoms with E-state index in [0.29, 0.717) is 12.3 Å². The molecule has 0 bridgehead atoms. The maximum Gasteiger partial charge on any atom is 0.192 e. The molecule has 116 valence electrons. The first kappa shape index (κ1) is 16.2. The number of ketones is 1. The van der Waals surface area contributed by atoms with E-state index in [1.807, 2.05) is 6.92 Å². The average molecular weight is 298 g/mol. The predicted octanol–water partition coefficient (Wildman–Crippen LogP) is 3.52. The summed E-state index contributed by atoms with van der Waals surface area (Å²) in [5.41, 5.74) is -0.299. The molecule has 0 aromatic carbocycles. The fourth-order valence-corrected chi connectivity index (χ4v) is 4.90. The number of hydrogen-bond donors (Lipinski definition) is 1. The second-order valence-electron chi connectivity index (χ2n) is 8.50. The minimum atomic E-state index is -1.74. The molecule has 0 aromatic rings. The normalized spacial score (nSPS) is 39.0. The highest BCUT2D eigenvalue weighted by atomic mass is 28.4. The van der Waals surface area contributed by atoms with E-state index in [2.05, 4.69) is 33.9 Å². The molecule has 20 heavy (non-hydrogen) atoms. The van der Waals surface area contributed by atoms with Gasteiger partial charge < -0.3 is 9.53 Å². The lowest BCUT2D eigenvalue weighted by Crippen LogP contribution is -2.47. The Balaban J connectivity index is 2.05. The van der Waals surface area contributed by atoms with Crippen LogP contribution in [-0.2, 0) is 9.22 Å². The zero-order valence-electron chi connectivity index (χ0n) is 13.8. The van der Waals surface area contributed by atoms with Crippen molar-refractivity contribution in [2.24, 2.45) is 11.3 Å². The Morgan fingerprint density at radius 3 is 2.45 bits per heavy atom. The van der Waals surface area contributed by atoms with E-state index < -0.39 is 14.4 Å². The van der Waals surface area contributed by atoms with Crippen molar-refractivity contribution < 1.29 is 14.3 Å². The summed E-state index contributed by atoms with van der Waals surface area (Å²) in [4.78, 5) is 12.1. The zero-order valence-corrected chi connectivity index (χ0v) is 14.8. The smallest absolute Gasteiger partial charge is 0.192 e. The van der Waals surface area contributed by atoms with E-state index in [4.69, 9.17) is 4.43 Å². The molecule has 4 atom stereocenters. The standard InChI is InChI=1S/C16H30O3Si/c1-15(2,3)20(5,6)19-12-7-8-16(4)11(9-12)10-13(17)14(16)18/h11-13,17H,7-10H2,1-6H3. The molecule has 0 aromatic heterocycles. The topological polar surface area (TPSA) is 46.5 Å². The Bertz CT molecular complexity index is 399. The van der Waals surface area contributed by atoms with Gasteiger partial charge in [-0.2, -0.15) is 0 Å². The molecule has 2 aliphatic rings. The number of rotatable bonds is 2. The number of aliphatic hydroxyl groups excluding tert-OH is 1. The van der Waals surface area contributed by atoms with Crippen LogP contribution in [0.5, 0.6) is 0 Å². The maximum absolute atomic E-state index is 12.1. The summed E-state index contributed by atoms with van der Waals surface area (Å²) in [5, 5.41) is 10.1. The molecule has 0 spiro atoms. The van der Waals surface area contributed by atoms with Crippen molar-refractivity contribution in [1.82, 2.24) is 0 Å². The first-order chi connectivity index (χ1) is 8.97. The highest BCUT2D eigenvalue weighted by molar-refractivity contribution is 6.74. The monoisotopic (exact) mass is 298 g/mol. The third-order valence-corrected chi connectivity index (χ3v) is 10.6. The van der Waals surface area contributed by atoms with Crippen LogP contribution in [0.15, 0.2) is 0 Å². The van der Waals surface area contributed by atoms with Gasteiger partial charge in [0.2, 0.25) is 0 Å². The van der Waals surface area contributed by atoms with E-state index in [0.717, 1.165) is 19.3 Å². The number of Topliss-reactive ketones (excluding diaryl/α,β-unsaturated/α-hetero) is 1. The first-order valence-corrected chi connectivity index (χ1v) is 10.8. The van der Waals surface area contributed by atoms with Crippen molar-refractivity contribution >= 4 is 14.1 Å². The van der Waals surface area contributed by atoms with Crippen molar-refractivity contribution in [3.05, 3.63) is 0 Å². The van der Waals surface area contributed by atoms with Gasteiger partial charge in [0.1, 0.15) is 6.10 Å². The van der Waals surface area contributed by atoms with Crippen molar-refractivity contribution in [2.75, 3.05) is 0 Å². The zero-order chi connectivity index (χ0) is 15.3. The fourth-order valence-electron chi connectivity index (χ4n) is 3.50. The second-order valence-corrected chi connectivity index (χ2v) is 13.3. The molecule has 2 fully saturated rings. The molecule has 0 aliphatic heterocycles. The molecule has 4 unspecified atom stereocenters. The molecular formula is C16H30O3Si. The second kappa shape index (κ2) is 4.92. The molecule has 2 aliphatic carbocycles. The fraction of sp³-hybridized carbons (Fsp3) is 0.938. The van der Waals surface area contributed by atoms with E-state index >= 15 is 0 Å². The molecule has 4 heteroatoms. The molecule has 0 heterocycles. The first-order valence-electron chi connectivity index (χ1n) is 7.87. The average Bonchev–Trinajstić information content (AvgIpc) is 2.51. The van der Waals surface area contributed by atoms with E-state index in [9.17, 15) is 9.90 Å². The van der Waals surface area contributed by atoms with E-state index in [1.54, 1.807) is 0 Å². The summed E-state index contributed by atoms with van der Waals surface area (Å²) in [5.74, 6) is 0.363. The largest absolute Gasteiger partial charge is 0.414 e.